The molecule has 5 nitrogen and oxygen atoms in total. The zero-order valence-electron chi connectivity index (χ0n) is 13.1. The zero-order chi connectivity index (χ0) is 17.7. The molecular weight excluding hydrogens is 323 g/mol. The van der Waals surface area contributed by atoms with Crippen LogP contribution in [0.5, 0.6) is 5.75 Å². The third kappa shape index (κ3) is 5.45. The van der Waals surface area contributed by atoms with Crippen molar-refractivity contribution in [1.82, 2.24) is 14.7 Å². The van der Waals surface area contributed by atoms with E-state index in [9.17, 15) is 18.0 Å². The van der Waals surface area contributed by atoms with Crippen LogP contribution in [0.3, 0.4) is 0 Å². The molecular formula is C16H16F3N3O2. The lowest BCUT2D eigenvalue weighted by Crippen LogP contribution is -2.24. The predicted molar refractivity (Wildman–Crippen MR) is 81.8 cm³/mol. The van der Waals surface area contributed by atoms with Crippen LogP contribution in [0.2, 0.25) is 0 Å². The van der Waals surface area contributed by atoms with Gasteiger partial charge in [-0.05, 0) is 23.8 Å². The lowest BCUT2D eigenvalue weighted by atomic mass is 10.2. The van der Waals surface area contributed by atoms with Crippen LogP contribution in [0, 0.1) is 0 Å². The lowest BCUT2D eigenvalue weighted by Gasteiger charge is -2.15. The SMILES string of the molecule is CN(Cc1ccc(OC(F)(F)F)cc1)C(=O)C=Cc1cnn(C)c1. The second-order valence-corrected chi connectivity index (χ2v) is 5.17. The van der Waals surface area contributed by atoms with Gasteiger partial charge in [0.2, 0.25) is 5.91 Å². The summed E-state index contributed by atoms with van der Waals surface area (Å²) in [6.45, 7) is 0.266. The highest BCUT2D eigenvalue weighted by Gasteiger charge is 2.30. The molecule has 2 rings (SSSR count). The highest BCUT2D eigenvalue weighted by Crippen LogP contribution is 2.23. The Balaban J connectivity index is 1.92. The molecule has 128 valence electrons. The van der Waals surface area contributed by atoms with Gasteiger partial charge in [0.15, 0.2) is 0 Å². The molecule has 2 aromatic rings. The number of hydrogen-bond donors (Lipinski definition) is 0. The summed E-state index contributed by atoms with van der Waals surface area (Å²) < 4.78 is 41.7. The summed E-state index contributed by atoms with van der Waals surface area (Å²) in [5.41, 5.74) is 1.49. The number of aryl methyl sites for hydroxylation is 1. The minimum absolute atomic E-state index is 0.227. The molecule has 0 aliphatic heterocycles. The summed E-state index contributed by atoms with van der Waals surface area (Å²) >= 11 is 0. The van der Waals surface area contributed by atoms with Gasteiger partial charge in [-0.3, -0.25) is 9.48 Å². The summed E-state index contributed by atoms with van der Waals surface area (Å²) in [4.78, 5) is 13.5. The smallest absolute Gasteiger partial charge is 0.406 e. The fourth-order valence-electron chi connectivity index (χ4n) is 1.97. The Labute approximate surface area is 136 Å². The van der Waals surface area contributed by atoms with Gasteiger partial charge in [-0.1, -0.05) is 12.1 Å². The molecule has 1 aromatic heterocycles. The van der Waals surface area contributed by atoms with Crippen molar-refractivity contribution in [2.24, 2.45) is 7.05 Å². The molecule has 0 spiro atoms. The Kier molecular flexibility index (Phi) is 5.28. The molecule has 0 aliphatic carbocycles. The van der Waals surface area contributed by atoms with Crippen molar-refractivity contribution in [1.29, 1.82) is 0 Å². The quantitative estimate of drug-likeness (QED) is 0.787. The lowest BCUT2D eigenvalue weighted by molar-refractivity contribution is -0.274. The van der Waals surface area contributed by atoms with Crippen LogP contribution in [0.15, 0.2) is 42.7 Å². The second kappa shape index (κ2) is 7.20. The number of carbonyl (C=O) groups excluding carboxylic acids is 1. The number of nitrogens with zero attached hydrogens (tertiary/aromatic N) is 3. The van der Waals surface area contributed by atoms with E-state index in [-0.39, 0.29) is 18.2 Å². The van der Waals surface area contributed by atoms with Crippen LogP contribution in [-0.4, -0.2) is 34.0 Å². The van der Waals surface area contributed by atoms with E-state index in [1.54, 1.807) is 37.2 Å². The topological polar surface area (TPSA) is 47.4 Å². The average molecular weight is 339 g/mol. The largest absolute Gasteiger partial charge is 0.573 e. The van der Waals surface area contributed by atoms with Gasteiger partial charge in [-0.2, -0.15) is 5.10 Å². The van der Waals surface area contributed by atoms with Crippen LogP contribution in [0.1, 0.15) is 11.1 Å². The number of carbonyl (C=O) groups is 1. The Morgan fingerprint density at radius 2 is 2.00 bits per heavy atom. The molecule has 0 saturated carbocycles. The number of rotatable bonds is 5. The molecule has 24 heavy (non-hydrogen) atoms. The van der Waals surface area contributed by atoms with Crippen molar-refractivity contribution in [3.8, 4) is 5.75 Å². The van der Waals surface area contributed by atoms with Crippen LogP contribution in [-0.2, 0) is 18.4 Å². The summed E-state index contributed by atoms with van der Waals surface area (Å²) in [6, 6.07) is 5.39. The molecule has 1 heterocycles. The molecule has 0 bridgehead atoms. The summed E-state index contributed by atoms with van der Waals surface area (Å²) in [5.74, 6) is -0.522. The number of likely N-dealkylation sites (N-methyl/N-ethyl adjacent to an activating group) is 1. The van der Waals surface area contributed by atoms with E-state index in [0.717, 1.165) is 5.56 Å². The van der Waals surface area contributed by atoms with Gasteiger partial charge in [0.25, 0.3) is 0 Å². The van der Waals surface area contributed by atoms with E-state index in [1.165, 1.54) is 35.2 Å². The highest BCUT2D eigenvalue weighted by molar-refractivity contribution is 5.91. The Hall–Kier alpha value is -2.77. The van der Waals surface area contributed by atoms with Crippen LogP contribution in [0.4, 0.5) is 13.2 Å². The van der Waals surface area contributed by atoms with Crippen LogP contribution < -0.4 is 4.74 Å². The number of hydrogen-bond acceptors (Lipinski definition) is 3. The van der Waals surface area contributed by atoms with Gasteiger partial charge in [-0.15, -0.1) is 13.2 Å². The Bertz CT molecular complexity index is 721. The fraction of sp³-hybridized carbons (Fsp3) is 0.250. The highest BCUT2D eigenvalue weighted by atomic mass is 19.4. The van der Waals surface area contributed by atoms with Crippen molar-refractivity contribution in [2.45, 2.75) is 12.9 Å². The molecule has 0 atom stereocenters. The molecule has 0 aliphatic rings. The maximum atomic E-state index is 12.1. The van der Waals surface area contributed by atoms with Gasteiger partial charge in [0, 0.05) is 38.5 Å². The van der Waals surface area contributed by atoms with Gasteiger partial charge >= 0.3 is 6.36 Å². The summed E-state index contributed by atoms with van der Waals surface area (Å²) in [7, 11) is 3.38. The van der Waals surface area contributed by atoms with Gasteiger partial charge in [0.05, 0.1) is 6.20 Å². The molecule has 8 heteroatoms. The first-order valence-corrected chi connectivity index (χ1v) is 6.99. The Morgan fingerprint density at radius 3 is 2.54 bits per heavy atom. The van der Waals surface area contributed by atoms with Gasteiger partial charge < -0.3 is 9.64 Å². The monoisotopic (exact) mass is 339 g/mol. The van der Waals surface area contributed by atoms with E-state index < -0.39 is 6.36 Å². The number of amides is 1. The number of halogens is 3. The minimum Gasteiger partial charge on any atom is -0.406 e. The first kappa shape index (κ1) is 17.6. The molecule has 0 radical (unpaired) electrons. The molecule has 1 aromatic carbocycles. The molecule has 0 N–H and O–H groups in total. The maximum absolute atomic E-state index is 12.1. The van der Waals surface area contributed by atoms with Crippen molar-refractivity contribution in [2.75, 3.05) is 7.05 Å². The first-order valence-electron chi connectivity index (χ1n) is 6.99. The molecule has 0 unspecified atom stereocenters. The van der Waals surface area contributed by atoms with Gasteiger partial charge in [0.1, 0.15) is 5.75 Å². The number of ether oxygens (including phenoxy) is 1. The normalized spacial score (nSPS) is 11.7. The number of benzene rings is 1. The third-order valence-electron chi connectivity index (χ3n) is 3.10. The average Bonchev–Trinajstić information content (AvgIpc) is 2.91. The van der Waals surface area contributed by atoms with E-state index in [1.807, 2.05) is 0 Å². The van der Waals surface area contributed by atoms with Crippen molar-refractivity contribution in [3.05, 3.63) is 53.9 Å². The first-order chi connectivity index (χ1) is 11.2. The summed E-state index contributed by atoms with van der Waals surface area (Å²) in [6.07, 6.45) is 1.74. The van der Waals surface area contributed by atoms with Crippen LogP contribution in [0.25, 0.3) is 6.08 Å². The summed E-state index contributed by atoms with van der Waals surface area (Å²) in [5, 5.41) is 3.99. The molecule has 0 fully saturated rings. The fourth-order valence-corrected chi connectivity index (χ4v) is 1.97. The van der Waals surface area contributed by atoms with E-state index in [4.69, 9.17) is 0 Å². The molecule has 1 amide bonds. The van der Waals surface area contributed by atoms with E-state index in [0.29, 0.717) is 5.56 Å². The zero-order valence-corrected chi connectivity index (χ0v) is 13.1. The van der Waals surface area contributed by atoms with Crippen molar-refractivity contribution < 1.29 is 22.7 Å². The Morgan fingerprint density at radius 1 is 1.33 bits per heavy atom. The van der Waals surface area contributed by atoms with Crippen LogP contribution >= 0.6 is 0 Å². The minimum atomic E-state index is -4.72. The predicted octanol–water partition coefficient (Wildman–Crippen LogP) is 2.99. The van der Waals surface area contributed by atoms with Gasteiger partial charge in [-0.25, -0.2) is 0 Å². The number of aromatic nitrogens is 2. The second-order valence-electron chi connectivity index (χ2n) is 5.17. The van der Waals surface area contributed by atoms with Crippen molar-refractivity contribution >= 4 is 12.0 Å². The third-order valence-corrected chi connectivity index (χ3v) is 3.10. The van der Waals surface area contributed by atoms with E-state index in [2.05, 4.69) is 9.84 Å². The maximum Gasteiger partial charge on any atom is 0.573 e. The standard InChI is InChI=1S/C16H16F3N3O2/c1-21(15(23)8-5-13-9-20-22(2)11-13)10-12-3-6-14(7-4-12)24-16(17,18)19/h3-9,11H,10H2,1-2H3. The molecule has 0 saturated heterocycles. The van der Waals surface area contributed by atoms with E-state index >= 15 is 0 Å². The van der Waals surface area contributed by atoms with Crippen molar-refractivity contribution in [3.63, 3.8) is 0 Å². The number of alkyl halides is 3.